The summed E-state index contributed by atoms with van der Waals surface area (Å²) in [6.45, 7) is 4.25. The molecule has 0 radical (unpaired) electrons. The Bertz CT molecular complexity index is 547. The van der Waals surface area contributed by atoms with Crippen LogP contribution in [0.2, 0.25) is 0 Å². The van der Waals surface area contributed by atoms with E-state index in [4.69, 9.17) is 0 Å². The fraction of sp³-hybridized carbons (Fsp3) is 0.538. The lowest BCUT2D eigenvalue weighted by Crippen LogP contribution is -2.41. The number of likely N-dealkylation sites (N-methyl/N-ethyl adjacent to an activating group) is 1. The molecular weight excluding hydrogens is 328 g/mol. The molecule has 0 spiro atoms. The molecule has 1 unspecified atom stereocenters. The molecule has 1 aliphatic heterocycles. The van der Waals surface area contributed by atoms with Crippen molar-refractivity contribution in [3.05, 3.63) is 28.7 Å². The predicted octanol–water partition coefficient (Wildman–Crippen LogP) is 2.16. The Morgan fingerprint density at radius 2 is 1.95 bits per heavy atom. The third-order valence-corrected chi connectivity index (χ3v) is 6.43. The summed E-state index contributed by atoms with van der Waals surface area (Å²) in [6.07, 6.45) is 0.866. The van der Waals surface area contributed by atoms with E-state index < -0.39 is 10.0 Å². The fourth-order valence-corrected chi connectivity index (χ4v) is 5.11. The zero-order valence-electron chi connectivity index (χ0n) is 11.2. The lowest BCUT2D eigenvalue weighted by atomic mass is 10.3. The van der Waals surface area contributed by atoms with Crippen LogP contribution in [0, 0.1) is 0 Å². The first-order valence-corrected chi connectivity index (χ1v) is 8.61. The van der Waals surface area contributed by atoms with Gasteiger partial charge in [0.05, 0.1) is 4.90 Å². The average molecular weight is 347 g/mol. The number of hydrogen-bond acceptors (Lipinski definition) is 3. The van der Waals surface area contributed by atoms with Crippen molar-refractivity contribution >= 4 is 26.0 Å². The maximum Gasteiger partial charge on any atom is 0.244 e. The van der Waals surface area contributed by atoms with Crippen LogP contribution in [0.25, 0.3) is 0 Å². The van der Waals surface area contributed by atoms with Crippen LogP contribution in [-0.2, 0) is 10.0 Å². The van der Waals surface area contributed by atoms with E-state index in [1.54, 1.807) is 22.5 Å². The highest BCUT2D eigenvalue weighted by atomic mass is 79.9. The molecule has 2 rings (SSSR count). The number of nitrogens with zero attached hydrogens (tertiary/aromatic N) is 2. The normalized spacial score (nSPS) is 23.2. The van der Waals surface area contributed by atoms with Gasteiger partial charge in [0.15, 0.2) is 0 Å². The highest BCUT2D eigenvalue weighted by Crippen LogP contribution is 2.27. The van der Waals surface area contributed by atoms with Crippen molar-refractivity contribution < 1.29 is 8.42 Å². The van der Waals surface area contributed by atoms with Gasteiger partial charge in [-0.25, -0.2) is 8.42 Å². The van der Waals surface area contributed by atoms with E-state index in [9.17, 15) is 8.42 Å². The van der Waals surface area contributed by atoms with Crippen LogP contribution in [0.1, 0.15) is 13.3 Å². The van der Waals surface area contributed by atoms with Crippen LogP contribution in [0.3, 0.4) is 0 Å². The van der Waals surface area contributed by atoms with Crippen molar-refractivity contribution in [2.75, 3.05) is 26.7 Å². The molecule has 0 bridgehead atoms. The number of benzene rings is 1. The summed E-state index contributed by atoms with van der Waals surface area (Å²) in [5.41, 5.74) is 0. The molecule has 0 aliphatic carbocycles. The quantitative estimate of drug-likeness (QED) is 0.823. The number of sulfonamides is 1. The molecule has 0 N–H and O–H groups in total. The molecule has 0 aromatic heterocycles. The highest BCUT2D eigenvalue weighted by molar-refractivity contribution is 9.10. The summed E-state index contributed by atoms with van der Waals surface area (Å²) in [6, 6.07) is 6.99. The van der Waals surface area contributed by atoms with E-state index in [1.807, 2.05) is 20.0 Å². The van der Waals surface area contributed by atoms with E-state index in [0.29, 0.717) is 15.9 Å². The molecule has 19 heavy (non-hydrogen) atoms. The minimum atomic E-state index is -3.43. The molecule has 1 atom stereocenters. The molecule has 1 fully saturated rings. The summed E-state index contributed by atoms with van der Waals surface area (Å²) in [5.74, 6) is 0. The third-order valence-electron chi connectivity index (χ3n) is 3.41. The molecule has 1 heterocycles. The van der Waals surface area contributed by atoms with Gasteiger partial charge >= 0.3 is 0 Å². The number of rotatable bonds is 2. The van der Waals surface area contributed by atoms with Gasteiger partial charge in [0.1, 0.15) is 0 Å². The molecule has 1 aliphatic rings. The van der Waals surface area contributed by atoms with Gasteiger partial charge in [0, 0.05) is 23.6 Å². The van der Waals surface area contributed by atoms with Crippen LogP contribution >= 0.6 is 15.9 Å². The predicted molar refractivity (Wildman–Crippen MR) is 79.6 cm³/mol. The van der Waals surface area contributed by atoms with Crippen LogP contribution in [-0.4, -0.2) is 50.3 Å². The largest absolute Gasteiger partial charge is 0.305 e. The van der Waals surface area contributed by atoms with Crippen molar-refractivity contribution in [1.82, 2.24) is 9.21 Å². The topological polar surface area (TPSA) is 40.6 Å². The SMILES string of the molecule is CC1CN(C)CCCN1S(=O)(=O)c1ccccc1Br. The van der Waals surface area contributed by atoms with Crippen LogP contribution in [0.4, 0.5) is 0 Å². The van der Waals surface area contributed by atoms with Gasteiger partial charge in [-0.05, 0) is 55.0 Å². The van der Waals surface area contributed by atoms with Gasteiger partial charge in [-0.15, -0.1) is 0 Å². The number of halogens is 1. The van der Waals surface area contributed by atoms with Gasteiger partial charge in [0.2, 0.25) is 10.0 Å². The van der Waals surface area contributed by atoms with E-state index in [0.717, 1.165) is 19.5 Å². The van der Waals surface area contributed by atoms with E-state index >= 15 is 0 Å². The zero-order valence-corrected chi connectivity index (χ0v) is 13.6. The number of hydrogen-bond donors (Lipinski definition) is 0. The van der Waals surface area contributed by atoms with Crippen molar-refractivity contribution in [2.45, 2.75) is 24.3 Å². The maximum atomic E-state index is 12.8. The first kappa shape index (κ1) is 15.0. The first-order chi connectivity index (χ1) is 8.93. The van der Waals surface area contributed by atoms with Gasteiger partial charge < -0.3 is 4.90 Å². The Kier molecular flexibility index (Phi) is 4.66. The van der Waals surface area contributed by atoms with Crippen LogP contribution in [0.5, 0.6) is 0 Å². The summed E-state index contributed by atoms with van der Waals surface area (Å²) in [7, 11) is -1.40. The molecule has 1 saturated heterocycles. The average Bonchev–Trinajstić information content (AvgIpc) is 2.50. The van der Waals surface area contributed by atoms with E-state index in [2.05, 4.69) is 20.8 Å². The monoisotopic (exact) mass is 346 g/mol. The highest BCUT2D eigenvalue weighted by Gasteiger charge is 2.32. The Morgan fingerprint density at radius 1 is 1.26 bits per heavy atom. The van der Waals surface area contributed by atoms with Crippen molar-refractivity contribution in [1.29, 1.82) is 0 Å². The van der Waals surface area contributed by atoms with Crippen LogP contribution < -0.4 is 0 Å². The minimum Gasteiger partial charge on any atom is -0.305 e. The van der Waals surface area contributed by atoms with Crippen molar-refractivity contribution in [3.63, 3.8) is 0 Å². The summed E-state index contributed by atoms with van der Waals surface area (Å²) < 4.78 is 27.8. The Morgan fingerprint density at radius 3 is 2.63 bits per heavy atom. The lowest BCUT2D eigenvalue weighted by Gasteiger charge is -2.27. The second-order valence-electron chi connectivity index (χ2n) is 5.01. The first-order valence-electron chi connectivity index (χ1n) is 6.38. The third kappa shape index (κ3) is 3.18. The van der Waals surface area contributed by atoms with Gasteiger partial charge in [-0.1, -0.05) is 12.1 Å². The second-order valence-corrected chi connectivity index (χ2v) is 7.72. The Balaban J connectivity index is 2.36. The molecular formula is C13H19BrN2O2S. The fourth-order valence-electron chi connectivity index (χ4n) is 2.49. The van der Waals surface area contributed by atoms with Gasteiger partial charge in [0.25, 0.3) is 0 Å². The smallest absolute Gasteiger partial charge is 0.244 e. The summed E-state index contributed by atoms with van der Waals surface area (Å²) in [5, 5.41) is 0. The van der Waals surface area contributed by atoms with E-state index in [-0.39, 0.29) is 6.04 Å². The molecule has 0 amide bonds. The molecule has 6 heteroatoms. The second kappa shape index (κ2) is 5.91. The molecule has 106 valence electrons. The standard InChI is InChI=1S/C13H19BrN2O2S/c1-11-10-15(2)8-5-9-16(11)19(17,18)13-7-4-3-6-12(13)14/h3-4,6-7,11H,5,8-10H2,1-2H3. The minimum absolute atomic E-state index is 0.00962. The molecule has 0 saturated carbocycles. The molecule has 4 nitrogen and oxygen atoms in total. The molecule has 1 aromatic rings. The Labute approximate surface area is 123 Å². The Hall–Kier alpha value is -0.430. The molecule has 1 aromatic carbocycles. The van der Waals surface area contributed by atoms with E-state index in [1.165, 1.54) is 0 Å². The summed E-state index contributed by atoms with van der Waals surface area (Å²) in [4.78, 5) is 2.53. The zero-order chi connectivity index (χ0) is 14.0. The van der Waals surface area contributed by atoms with Gasteiger partial charge in [-0.2, -0.15) is 4.31 Å². The van der Waals surface area contributed by atoms with Crippen LogP contribution in [0.15, 0.2) is 33.6 Å². The van der Waals surface area contributed by atoms with Crippen molar-refractivity contribution in [3.8, 4) is 0 Å². The maximum absolute atomic E-state index is 12.8. The lowest BCUT2D eigenvalue weighted by molar-refractivity contribution is 0.290. The van der Waals surface area contributed by atoms with Crippen molar-refractivity contribution in [2.24, 2.45) is 0 Å². The summed E-state index contributed by atoms with van der Waals surface area (Å²) >= 11 is 3.33. The van der Waals surface area contributed by atoms with Gasteiger partial charge in [-0.3, -0.25) is 0 Å².